The van der Waals surface area contributed by atoms with Gasteiger partial charge in [-0.25, -0.2) is 0 Å². The molecule has 0 heterocycles. The summed E-state index contributed by atoms with van der Waals surface area (Å²) in [7, 11) is 10.8. The average Bonchev–Trinajstić information content (AvgIpc) is 2.81. The van der Waals surface area contributed by atoms with Crippen molar-refractivity contribution >= 4 is 18.6 Å². The molecule has 0 spiro atoms. The van der Waals surface area contributed by atoms with Gasteiger partial charge in [0.05, 0.1) is 0 Å². The van der Waals surface area contributed by atoms with Crippen molar-refractivity contribution in [3.8, 4) is 0 Å². The van der Waals surface area contributed by atoms with Gasteiger partial charge >= 0.3 is 35.6 Å². The van der Waals surface area contributed by atoms with E-state index >= 15 is 0 Å². The fourth-order valence-electron chi connectivity index (χ4n) is 1.83. The molecule has 1 N–H and O–H groups in total. The second kappa shape index (κ2) is 15.8. The second-order valence-corrected chi connectivity index (χ2v) is 7.75. The molecule has 1 aliphatic rings. The SMILES string of the molecule is CC1=CC(c2[c-]cccc2)C(C)=C1.CO.C[C-](C)C.[Cl][Ti][Cl]. The third kappa shape index (κ3) is 12.5. The fourth-order valence-corrected chi connectivity index (χ4v) is 1.83. The first kappa shape index (κ1) is 24.2. The summed E-state index contributed by atoms with van der Waals surface area (Å²) >= 11 is -0.556. The van der Waals surface area contributed by atoms with E-state index in [0.29, 0.717) is 5.92 Å². The van der Waals surface area contributed by atoms with E-state index in [0.717, 1.165) is 7.11 Å². The molecule has 1 aliphatic carbocycles. The molecule has 0 saturated carbocycles. The van der Waals surface area contributed by atoms with E-state index < -0.39 is 17.0 Å². The molecule has 1 nitrogen and oxygen atoms in total. The predicted octanol–water partition coefficient (Wildman–Crippen LogP) is 6.08. The van der Waals surface area contributed by atoms with Crippen LogP contribution in [0.25, 0.3) is 0 Å². The minimum atomic E-state index is -0.556. The molecule has 4 heteroatoms. The van der Waals surface area contributed by atoms with E-state index in [1.165, 1.54) is 22.6 Å². The Morgan fingerprint density at radius 1 is 1.14 bits per heavy atom. The van der Waals surface area contributed by atoms with E-state index in [-0.39, 0.29) is 0 Å². The Labute approximate surface area is 153 Å². The van der Waals surface area contributed by atoms with Gasteiger partial charge in [-0.15, -0.1) is 0 Å². The van der Waals surface area contributed by atoms with Crippen LogP contribution in [-0.4, -0.2) is 12.2 Å². The Morgan fingerprint density at radius 3 is 1.95 bits per heavy atom. The molecule has 0 bridgehead atoms. The van der Waals surface area contributed by atoms with Crippen LogP contribution in [0, 0.1) is 12.0 Å². The van der Waals surface area contributed by atoms with Gasteiger partial charge in [-0.2, -0.15) is 56.7 Å². The van der Waals surface area contributed by atoms with Crippen molar-refractivity contribution in [2.75, 3.05) is 7.11 Å². The third-order valence-electron chi connectivity index (χ3n) is 2.44. The number of hydrogen-bond donors (Lipinski definition) is 1. The molecular formula is C18H26Cl2OTi-2. The van der Waals surface area contributed by atoms with Crippen molar-refractivity contribution in [3.63, 3.8) is 0 Å². The summed E-state index contributed by atoms with van der Waals surface area (Å²) in [5.74, 6) is 1.88. The first-order valence-corrected chi connectivity index (χ1v) is 11.2. The van der Waals surface area contributed by atoms with Crippen LogP contribution in [0.2, 0.25) is 0 Å². The summed E-state index contributed by atoms with van der Waals surface area (Å²) in [4.78, 5) is 0. The van der Waals surface area contributed by atoms with Gasteiger partial charge in [-0.1, -0.05) is 23.3 Å². The Kier molecular flexibility index (Phi) is 17.4. The van der Waals surface area contributed by atoms with Crippen LogP contribution in [0.1, 0.15) is 46.1 Å². The number of rotatable bonds is 1. The van der Waals surface area contributed by atoms with Gasteiger partial charge in [0, 0.05) is 13.0 Å². The van der Waals surface area contributed by atoms with Crippen molar-refractivity contribution < 1.29 is 22.1 Å². The van der Waals surface area contributed by atoms with Crippen molar-refractivity contribution in [3.05, 3.63) is 65.1 Å². The monoisotopic (exact) mass is 376 g/mol. The van der Waals surface area contributed by atoms with Crippen LogP contribution >= 0.6 is 18.6 Å². The van der Waals surface area contributed by atoms with Gasteiger partial charge < -0.3 is 11.0 Å². The van der Waals surface area contributed by atoms with Crippen LogP contribution in [0.5, 0.6) is 0 Å². The molecule has 0 aliphatic heterocycles. The number of benzene rings is 1. The number of allylic oxidation sites excluding steroid dienone is 4. The van der Waals surface area contributed by atoms with Crippen LogP contribution in [0.3, 0.4) is 0 Å². The van der Waals surface area contributed by atoms with Gasteiger partial charge in [-0.05, 0) is 13.8 Å². The second-order valence-electron chi connectivity index (χ2n) is 5.17. The van der Waals surface area contributed by atoms with E-state index in [1.54, 1.807) is 0 Å². The zero-order chi connectivity index (χ0) is 17.5. The summed E-state index contributed by atoms with van der Waals surface area (Å²) in [5, 5.41) is 7.00. The summed E-state index contributed by atoms with van der Waals surface area (Å²) in [6.07, 6.45) is 4.53. The zero-order valence-corrected chi connectivity index (χ0v) is 17.3. The number of aliphatic hydroxyl groups is 1. The average molecular weight is 377 g/mol. The Hall–Kier alpha value is -0.0457. The van der Waals surface area contributed by atoms with Crippen LogP contribution in [-0.2, 0) is 17.0 Å². The summed E-state index contributed by atoms with van der Waals surface area (Å²) in [6, 6.07) is 11.5. The van der Waals surface area contributed by atoms with E-state index in [4.69, 9.17) is 23.7 Å². The van der Waals surface area contributed by atoms with Crippen LogP contribution < -0.4 is 0 Å². The fraction of sp³-hybridized carbons (Fsp3) is 0.389. The maximum atomic E-state index is 7.00. The summed E-state index contributed by atoms with van der Waals surface area (Å²) < 4.78 is 0. The first-order chi connectivity index (χ1) is 10.4. The molecule has 0 aromatic heterocycles. The van der Waals surface area contributed by atoms with Crippen molar-refractivity contribution in [2.45, 2.75) is 40.5 Å². The minimum absolute atomic E-state index is 0.459. The van der Waals surface area contributed by atoms with Gasteiger partial charge in [0.1, 0.15) is 0 Å². The van der Waals surface area contributed by atoms with Crippen molar-refractivity contribution in [1.82, 2.24) is 0 Å². The Balaban J connectivity index is 0. The van der Waals surface area contributed by atoms with Crippen molar-refractivity contribution in [1.29, 1.82) is 0 Å². The normalized spacial score (nSPS) is 15.1. The standard InChI is InChI=1S/C13H13.C4H9.CH4O.2ClH.Ti/c1-10-8-11(2)13(9-10)12-6-4-3-5-7-12;1-4(2)3;1-2;;;/h3-6,8-9,13H,1-2H3;1-3H3;2H,1H3;2*1H;/q2*-1;;;;+2/p-2. The summed E-state index contributed by atoms with van der Waals surface area (Å²) in [6.45, 7) is 10.6. The van der Waals surface area contributed by atoms with E-state index in [9.17, 15) is 0 Å². The molecule has 1 aromatic rings. The molecule has 1 aromatic carbocycles. The molecule has 22 heavy (non-hydrogen) atoms. The van der Waals surface area contributed by atoms with Crippen LogP contribution in [0.15, 0.2) is 47.6 Å². The molecule has 0 fully saturated rings. The molecule has 0 radical (unpaired) electrons. The molecular weight excluding hydrogens is 351 g/mol. The molecule has 1 unspecified atom stereocenters. The molecule has 0 saturated heterocycles. The Morgan fingerprint density at radius 2 is 1.64 bits per heavy atom. The number of hydrogen-bond acceptors (Lipinski definition) is 1. The van der Waals surface area contributed by atoms with Crippen molar-refractivity contribution in [2.24, 2.45) is 0 Å². The van der Waals surface area contributed by atoms with E-state index in [1.807, 2.05) is 12.1 Å². The van der Waals surface area contributed by atoms with E-state index in [2.05, 4.69) is 65.0 Å². The topological polar surface area (TPSA) is 20.2 Å². The first-order valence-electron chi connectivity index (χ1n) is 6.93. The quantitative estimate of drug-likeness (QED) is 0.464. The third-order valence-corrected chi connectivity index (χ3v) is 2.44. The number of aliphatic hydroxyl groups excluding tert-OH is 1. The molecule has 124 valence electrons. The molecule has 1 atom stereocenters. The Bertz CT molecular complexity index is 425. The zero-order valence-electron chi connectivity index (χ0n) is 14.2. The van der Waals surface area contributed by atoms with Gasteiger partial charge in [-0.3, -0.25) is 0 Å². The van der Waals surface area contributed by atoms with Crippen LogP contribution in [0.4, 0.5) is 0 Å². The van der Waals surface area contributed by atoms with Gasteiger partial charge in [0.15, 0.2) is 0 Å². The molecule has 2 rings (SSSR count). The number of halogens is 2. The molecule has 0 amide bonds. The summed E-state index contributed by atoms with van der Waals surface area (Å²) in [5.41, 5.74) is 4.05. The maximum absolute atomic E-state index is 7.00. The predicted molar refractivity (Wildman–Crippen MR) is 95.6 cm³/mol. The van der Waals surface area contributed by atoms with Gasteiger partial charge in [0.25, 0.3) is 0 Å². The van der Waals surface area contributed by atoms with Gasteiger partial charge in [0.2, 0.25) is 0 Å².